The van der Waals surface area contributed by atoms with E-state index >= 15 is 0 Å². The fourth-order valence-corrected chi connectivity index (χ4v) is 1.31. The number of alkyl halides is 3. The molecule has 1 aromatic carbocycles. The summed E-state index contributed by atoms with van der Waals surface area (Å²) in [7, 11) is 0. The van der Waals surface area contributed by atoms with Crippen LogP contribution in [0.3, 0.4) is 0 Å². The first kappa shape index (κ1) is 11.7. The fraction of sp³-hybridized carbons (Fsp3) is 0.222. The molecule has 0 aliphatic heterocycles. The van der Waals surface area contributed by atoms with Crippen molar-refractivity contribution in [2.45, 2.75) is 6.18 Å². The van der Waals surface area contributed by atoms with Crippen molar-refractivity contribution in [1.29, 1.82) is 5.26 Å². The van der Waals surface area contributed by atoms with Crippen LogP contribution in [0, 0.1) is 11.3 Å². The second-order valence-corrected chi connectivity index (χ2v) is 3.08. The third-order valence-corrected chi connectivity index (χ3v) is 1.98. The van der Waals surface area contributed by atoms with Crippen molar-refractivity contribution in [3.8, 4) is 6.07 Å². The van der Waals surface area contributed by atoms with Gasteiger partial charge >= 0.3 is 6.18 Å². The average Bonchev–Trinajstić information content (AvgIpc) is 2.14. The minimum atomic E-state index is -4.48. The molecule has 0 unspecified atom stereocenters. The molecular weight excluding hydrogens is 229 g/mol. The molecule has 1 aromatic rings. The minimum absolute atomic E-state index is 0.0555. The van der Waals surface area contributed by atoms with Crippen LogP contribution in [0.5, 0.6) is 0 Å². The van der Waals surface area contributed by atoms with Crippen molar-refractivity contribution in [3.63, 3.8) is 0 Å². The monoisotopic (exact) mass is 234 g/mol. The number of para-hydroxylation sites is 1. The number of hydrogen-bond acceptors (Lipinski definition) is 2. The summed E-state index contributed by atoms with van der Waals surface area (Å²) in [4.78, 5) is 0. The average molecular weight is 235 g/mol. The second-order valence-electron chi connectivity index (χ2n) is 2.67. The maximum Gasteiger partial charge on any atom is 0.418 e. The molecule has 0 amide bonds. The molecular formula is C9H6ClF3N2. The molecule has 0 saturated heterocycles. The quantitative estimate of drug-likeness (QED) is 0.797. The van der Waals surface area contributed by atoms with Crippen LogP contribution in [0.25, 0.3) is 0 Å². The maximum atomic E-state index is 12.5. The number of rotatable bonds is 2. The van der Waals surface area contributed by atoms with Gasteiger partial charge in [0.25, 0.3) is 0 Å². The van der Waals surface area contributed by atoms with E-state index in [1.807, 2.05) is 0 Å². The third-order valence-electron chi connectivity index (χ3n) is 1.66. The lowest BCUT2D eigenvalue weighted by molar-refractivity contribution is -0.136. The smallest absolute Gasteiger partial charge is 0.371 e. The number of nitrogens with one attached hydrogen (secondary N) is 1. The summed E-state index contributed by atoms with van der Waals surface area (Å²) in [5.74, 6) is 0. The number of anilines is 1. The number of halogens is 4. The normalized spacial score (nSPS) is 10.9. The number of hydrogen-bond donors (Lipinski definition) is 1. The summed E-state index contributed by atoms with van der Waals surface area (Å²) in [5, 5.41) is 10.5. The van der Waals surface area contributed by atoms with E-state index in [4.69, 9.17) is 16.9 Å². The highest BCUT2D eigenvalue weighted by atomic mass is 35.5. The van der Waals surface area contributed by atoms with Gasteiger partial charge in [-0.3, -0.25) is 0 Å². The van der Waals surface area contributed by atoms with Gasteiger partial charge in [0, 0.05) is 0 Å². The maximum absolute atomic E-state index is 12.5. The third kappa shape index (κ3) is 2.77. The van der Waals surface area contributed by atoms with Crippen molar-refractivity contribution >= 4 is 17.3 Å². The molecule has 0 spiro atoms. The summed E-state index contributed by atoms with van der Waals surface area (Å²) in [6.45, 7) is -0.229. The first-order chi connectivity index (χ1) is 6.96. The summed E-state index contributed by atoms with van der Waals surface area (Å²) >= 11 is 5.60. The van der Waals surface area contributed by atoms with Crippen molar-refractivity contribution in [2.24, 2.45) is 0 Å². The SMILES string of the molecule is N#CCNc1c(Cl)cccc1C(F)(F)F. The molecule has 6 heteroatoms. The van der Waals surface area contributed by atoms with Gasteiger partial charge in [-0.1, -0.05) is 17.7 Å². The minimum Gasteiger partial charge on any atom is -0.371 e. The zero-order chi connectivity index (χ0) is 11.5. The first-order valence-corrected chi connectivity index (χ1v) is 4.31. The van der Waals surface area contributed by atoms with Crippen LogP contribution in [0.2, 0.25) is 5.02 Å². The molecule has 15 heavy (non-hydrogen) atoms. The van der Waals surface area contributed by atoms with Gasteiger partial charge in [0.05, 0.1) is 22.3 Å². The molecule has 0 bridgehead atoms. The Kier molecular flexibility index (Phi) is 3.43. The molecule has 1 rings (SSSR count). The van der Waals surface area contributed by atoms with E-state index in [0.29, 0.717) is 0 Å². The lowest BCUT2D eigenvalue weighted by Crippen LogP contribution is -2.11. The number of nitrogens with zero attached hydrogens (tertiary/aromatic N) is 1. The van der Waals surface area contributed by atoms with Crippen LogP contribution in [0.15, 0.2) is 18.2 Å². The Hall–Kier alpha value is -1.41. The summed E-state index contributed by atoms with van der Waals surface area (Å²) < 4.78 is 37.4. The van der Waals surface area contributed by atoms with Gasteiger partial charge in [0.15, 0.2) is 0 Å². The van der Waals surface area contributed by atoms with Gasteiger partial charge in [-0.05, 0) is 12.1 Å². The molecule has 0 aromatic heterocycles. The van der Waals surface area contributed by atoms with E-state index in [9.17, 15) is 13.2 Å². The molecule has 2 nitrogen and oxygen atoms in total. The molecule has 80 valence electrons. The van der Waals surface area contributed by atoms with E-state index in [-0.39, 0.29) is 17.3 Å². The van der Waals surface area contributed by atoms with Gasteiger partial charge in [0.2, 0.25) is 0 Å². The van der Waals surface area contributed by atoms with Crippen molar-refractivity contribution in [1.82, 2.24) is 0 Å². The largest absolute Gasteiger partial charge is 0.418 e. The zero-order valence-corrected chi connectivity index (χ0v) is 8.15. The van der Waals surface area contributed by atoms with Crippen LogP contribution in [0.1, 0.15) is 5.56 Å². The molecule has 1 N–H and O–H groups in total. The zero-order valence-electron chi connectivity index (χ0n) is 7.40. The Morgan fingerprint density at radius 1 is 1.40 bits per heavy atom. The summed E-state index contributed by atoms with van der Waals surface area (Å²) in [6.07, 6.45) is -4.48. The second kappa shape index (κ2) is 4.41. The molecule has 0 heterocycles. The predicted octanol–water partition coefficient (Wildman–Crippen LogP) is 3.29. The Balaban J connectivity index is 3.16. The van der Waals surface area contributed by atoms with Crippen LogP contribution in [0.4, 0.5) is 18.9 Å². The van der Waals surface area contributed by atoms with E-state index in [2.05, 4.69) is 5.32 Å². The van der Waals surface area contributed by atoms with Crippen LogP contribution < -0.4 is 5.32 Å². The van der Waals surface area contributed by atoms with Crippen molar-refractivity contribution < 1.29 is 13.2 Å². The Bertz CT molecular complexity index is 395. The van der Waals surface area contributed by atoms with Gasteiger partial charge in [-0.15, -0.1) is 0 Å². The Morgan fingerprint density at radius 2 is 2.07 bits per heavy atom. The van der Waals surface area contributed by atoms with E-state index < -0.39 is 11.7 Å². The van der Waals surface area contributed by atoms with Gasteiger partial charge in [-0.2, -0.15) is 18.4 Å². The van der Waals surface area contributed by atoms with Gasteiger partial charge in [-0.25, -0.2) is 0 Å². The Morgan fingerprint density at radius 3 is 2.60 bits per heavy atom. The van der Waals surface area contributed by atoms with E-state index in [1.54, 1.807) is 6.07 Å². The van der Waals surface area contributed by atoms with Gasteiger partial charge in [0.1, 0.15) is 6.54 Å². The highest BCUT2D eigenvalue weighted by Gasteiger charge is 2.34. The van der Waals surface area contributed by atoms with Crippen molar-refractivity contribution in [2.75, 3.05) is 11.9 Å². The van der Waals surface area contributed by atoms with E-state index in [0.717, 1.165) is 6.07 Å². The highest BCUT2D eigenvalue weighted by molar-refractivity contribution is 6.33. The Labute approximate surface area is 89.3 Å². The molecule has 0 fully saturated rings. The molecule has 0 saturated carbocycles. The lowest BCUT2D eigenvalue weighted by Gasteiger charge is -2.14. The highest BCUT2D eigenvalue weighted by Crippen LogP contribution is 2.38. The standard InChI is InChI=1S/C9H6ClF3N2/c10-7-3-1-2-6(9(11,12)13)8(7)15-5-4-14/h1-3,15H,5H2. The van der Waals surface area contributed by atoms with Crippen LogP contribution >= 0.6 is 11.6 Å². The fourth-order valence-electron chi connectivity index (χ4n) is 1.07. The molecule has 0 aliphatic rings. The number of nitriles is 1. The van der Waals surface area contributed by atoms with Crippen molar-refractivity contribution in [3.05, 3.63) is 28.8 Å². The molecule has 0 aliphatic carbocycles. The van der Waals surface area contributed by atoms with Crippen LogP contribution in [-0.4, -0.2) is 6.54 Å². The van der Waals surface area contributed by atoms with Crippen LogP contribution in [-0.2, 0) is 6.18 Å². The lowest BCUT2D eigenvalue weighted by atomic mass is 10.1. The molecule has 0 radical (unpaired) electrons. The molecule has 0 atom stereocenters. The number of benzene rings is 1. The van der Waals surface area contributed by atoms with E-state index in [1.165, 1.54) is 12.1 Å². The van der Waals surface area contributed by atoms with Gasteiger partial charge < -0.3 is 5.32 Å². The first-order valence-electron chi connectivity index (χ1n) is 3.93. The summed E-state index contributed by atoms with van der Waals surface area (Å²) in [6, 6.07) is 5.13. The topological polar surface area (TPSA) is 35.8 Å². The summed E-state index contributed by atoms with van der Waals surface area (Å²) in [5.41, 5.74) is -1.13. The predicted molar refractivity (Wildman–Crippen MR) is 50.6 cm³/mol.